The molecule has 0 amide bonds. The van der Waals surface area contributed by atoms with Gasteiger partial charge in [0.25, 0.3) is 0 Å². The summed E-state index contributed by atoms with van der Waals surface area (Å²) in [4.78, 5) is 1.39. The fourth-order valence-corrected chi connectivity index (χ4v) is 5.82. The van der Waals surface area contributed by atoms with Crippen molar-refractivity contribution in [2.45, 2.75) is 0 Å². The zero-order valence-electron chi connectivity index (χ0n) is 32.2. The Morgan fingerprint density at radius 1 is 0.356 bits per heavy atom. The van der Waals surface area contributed by atoms with E-state index >= 15 is 0 Å². The normalized spacial score (nSPS) is 13.6. The highest BCUT2D eigenvalue weighted by Crippen LogP contribution is 2.40. The molecule has 0 saturated heterocycles. The maximum Gasteiger partial charge on any atom is 0.0651 e. The third kappa shape index (κ3) is 5.15. The molecule has 0 saturated carbocycles. The molecule has 0 spiro atoms. The Hall–Kier alpha value is -5.92. The Kier molecular flexibility index (Phi) is 5.01. The molecule has 0 bridgehead atoms. The van der Waals surface area contributed by atoms with E-state index in [9.17, 15) is 8.22 Å². The molecule has 0 N–H and O–H groups in total. The summed E-state index contributed by atoms with van der Waals surface area (Å²) in [5, 5.41) is 3.32. The predicted octanol–water partition coefficient (Wildman–Crippen LogP) is 12.5. The molecule has 0 unspecified atom stereocenters. The van der Waals surface area contributed by atoms with Gasteiger partial charge in [-0.25, -0.2) is 0 Å². The van der Waals surface area contributed by atoms with Gasteiger partial charge in [0.2, 0.25) is 0 Å². The Morgan fingerprint density at radius 3 is 1.58 bits per heavy atom. The van der Waals surface area contributed by atoms with Crippen molar-refractivity contribution in [2.75, 3.05) is 4.90 Å². The first-order chi connectivity index (χ1) is 25.7. The number of hydrogen-bond donors (Lipinski definition) is 0. The third-order valence-electron chi connectivity index (χ3n) is 8.02. The second-order valence-electron chi connectivity index (χ2n) is 10.7. The van der Waals surface area contributed by atoms with Crippen LogP contribution in [0.2, 0.25) is 0 Å². The van der Waals surface area contributed by atoms with Gasteiger partial charge in [-0.3, -0.25) is 0 Å². The Bertz CT molecular complexity index is 2670. The van der Waals surface area contributed by atoms with E-state index in [4.69, 9.17) is 2.74 Å². The smallest absolute Gasteiger partial charge is 0.0651 e. The summed E-state index contributed by atoms with van der Waals surface area (Å²) in [5.41, 5.74) is 3.28. The van der Waals surface area contributed by atoms with Gasteiger partial charge >= 0.3 is 0 Å². The zero-order valence-corrected chi connectivity index (χ0v) is 24.2. The third-order valence-corrected chi connectivity index (χ3v) is 8.02. The van der Waals surface area contributed by atoms with Crippen LogP contribution in [0.3, 0.4) is 0 Å². The van der Waals surface area contributed by atoms with Crippen molar-refractivity contribution < 1.29 is 11.0 Å². The van der Waals surface area contributed by atoms with Crippen LogP contribution >= 0.6 is 0 Å². The van der Waals surface area contributed by atoms with Crippen LogP contribution in [0.5, 0.6) is 0 Å². The minimum atomic E-state index is -0.439. The summed E-state index contributed by atoms with van der Waals surface area (Å²) in [6.45, 7) is 0. The summed E-state index contributed by atoms with van der Waals surface area (Å²) >= 11 is 0. The van der Waals surface area contributed by atoms with E-state index < -0.39 is 12.1 Å². The SMILES string of the molecule is [2H]c1c([2H])c(-c2cccc3ccccc23)c([2H])c(N(c2ccc(-c3ccccc3)cc2)c2c([2H])c([2H])c(-c3cccc4ccccc34)c([2H])c2[2H])c1[2H]. The standard InChI is InChI=1S/C44H31N/c1-2-11-32(12-3-1)33-23-27-38(28-24-33)45(39-29-25-36(26-30-39)43-21-9-15-34-13-4-6-19-41(34)43)40-18-8-17-37(31-40)44-22-10-16-35-14-5-7-20-42(35)44/h1-31H/i8D,17D,18D,25D,26D,29D,30D,31D. The van der Waals surface area contributed by atoms with E-state index in [1.807, 2.05) is 115 Å². The highest BCUT2D eigenvalue weighted by atomic mass is 15.1. The lowest BCUT2D eigenvalue weighted by Crippen LogP contribution is -2.10. The van der Waals surface area contributed by atoms with Gasteiger partial charge in [-0.15, -0.1) is 0 Å². The van der Waals surface area contributed by atoms with Crippen molar-refractivity contribution in [1.82, 2.24) is 0 Å². The Balaban J connectivity index is 1.43. The molecule has 8 aromatic carbocycles. The second kappa shape index (κ2) is 11.6. The molecule has 8 rings (SSSR count). The molecule has 0 radical (unpaired) electrons. The topological polar surface area (TPSA) is 3.24 Å². The summed E-state index contributed by atoms with van der Waals surface area (Å²) in [7, 11) is 0. The van der Waals surface area contributed by atoms with E-state index in [0.717, 1.165) is 32.7 Å². The van der Waals surface area contributed by atoms with Crippen LogP contribution in [-0.2, 0) is 0 Å². The zero-order chi connectivity index (χ0) is 37.0. The molecule has 0 atom stereocenters. The maximum absolute atomic E-state index is 9.68. The van der Waals surface area contributed by atoms with Crippen molar-refractivity contribution in [3.05, 3.63) is 188 Å². The number of fused-ring (bicyclic) bond motifs is 2. The van der Waals surface area contributed by atoms with E-state index in [-0.39, 0.29) is 58.8 Å². The summed E-state index contributed by atoms with van der Waals surface area (Å²) < 4.78 is 74.5. The van der Waals surface area contributed by atoms with Gasteiger partial charge < -0.3 is 4.90 Å². The fourth-order valence-electron chi connectivity index (χ4n) is 5.82. The summed E-state index contributed by atoms with van der Waals surface area (Å²) in [6.07, 6.45) is 0. The molecule has 8 aromatic rings. The van der Waals surface area contributed by atoms with Crippen molar-refractivity contribution >= 4 is 38.6 Å². The number of benzene rings is 8. The molecule has 1 nitrogen and oxygen atoms in total. The molecular weight excluding hydrogens is 542 g/mol. The van der Waals surface area contributed by atoms with Crippen LogP contribution < -0.4 is 4.90 Å². The highest BCUT2D eigenvalue weighted by Gasteiger charge is 2.15. The van der Waals surface area contributed by atoms with Crippen LogP contribution in [0.15, 0.2) is 188 Å². The predicted molar refractivity (Wildman–Crippen MR) is 192 cm³/mol. The van der Waals surface area contributed by atoms with Gasteiger partial charge in [-0.1, -0.05) is 152 Å². The van der Waals surface area contributed by atoms with Crippen LogP contribution in [0, 0.1) is 0 Å². The van der Waals surface area contributed by atoms with Crippen LogP contribution in [0.25, 0.3) is 54.9 Å². The average molecular weight is 582 g/mol. The molecule has 0 aliphatic heterocycles. The first-order valence-electron chi connectivity index (χ1n) is 18.8. The van der Waals surface area contributed by atoms with E-state index in [2.05, 4.69) is 0 Å². The van der Waals surface area contributed by atoms with Gasteiger partial charge in [-0.2, -0.15) is 0 Å². The first kappa shape index (κ1) is 19.4. The van der Waals surface area contributed by atoms with Crippen molar-refractivity contribution in [2.24, 2.45) is 0 Å². The molecule has 45 heavy (non-hydrogen) atoms. The largest absolute Gasteiger partial charge is 0.310 e. The number of nitrogens with zero attached hydrogens (tertiary/aromatic N) is 1. The van der Waals surface area contributed by atoms with Crippen molar-refractivity contribution in [1.29, 1.82) is 0 Å². The molecule has 0 aliphatic rings. The van der Waals surface area contributed by atoms with Gasteiger partial charge in [0, 0.05) is 17.1 Å². The van der Waals surface area contributed by atoms with Crippen LogP contribution in [0.1, 0.15) is 11.0 Å². The van der Waals surface area contributed by atoms with Crippen molar-refractivity contribution in [3.8, 4) is 33.4 Å². The van der Waals surface area contributed by atoms with Gasteiger partial charge in [0.15, 0.2) is 0 Å². The van der Waals surface area contributed by atoms with Gasteiger partial charge in [0.1, 0.15) is 0 Å². The lowest BCUT2D eigenvalue weighted by atomic mass is 9.97. The van der Waals surface area contributed by atoms with Crippen molar-refractivity contribution in [3.63, 3.8) is 0 Å². The van der Waals surface area contributed by atoms with E-state index in [1.165, 1.54) is 4.90 Å². The lowest BCUT2D eigenvalue weighted by molar-refractivity contribution is 1.28. The molecule has 0 heterocycles. The molecule has 0 fully saturated rings. The quantitative estimate of drug-likeness (QED) is 0.189. The molecule has 212 valence electrons. The number of anilines is 3. The van der Waals surface area contributed by atoms with E-state index in [1.54, 1.807) is 24.3 Å². The number of hydrogen-bond acceptors (Lipinski definition) is 1. The monoisotopic (exact) mass is 581 g/mol. The summed E-state index contributed by atoms with van der Waals surface area (Å²) in [5.74, 6) is 0. The fraction of sp³-hybridized carbons (Fsp3) is 0. The molecular formula is C44H31N. The van der Waals surface area contributed by atoms with E-state index in [0.29, 0.717) is 16.8 Å². The highest BCUT2D eigenvalue weighted by molar-refractivity contribution is 5.98. The molecule has 1 heteroatoms. The molecule has 0 aromatic heterocycles. The Labute approximate surface area is 275 Å². The first-order valence-corrected chi connectivity index (χ1v) is 14.8. The molecule has 0 aliphatic carbocycles. The lowest BCUT2D eigenvalue weighted by Gasteiger charge is -2.26. The minimum absolute atomic E-state index is 0.125. The maximum atomic E-state index is 9.68. The number of rotatable bonds is 6. The van der Waals surface area contributed by atoms with Crippen LogP contribution in [0.4, 0.5) is 17.1 Å². The Morgan fingerprint density at radius 2 is 0.911 bits per heavy atom. The van der Waals surface area contributed by atoms with Gasteiger partial charge in [0.05, 0.1) is 11.0 Å². The van der Waals surface area contributed by atoms with Gasteiger partial charge in [-0.05, 0) is 91.2 Å². The second-order valence-corrected chi connectivity index (χ2v) is 10.7. The average Bonchev–Trinajstić information content (AvgIpc) is 3.19. The van der Waals surface area contributed by atoms with Crippen LogP contribution in [-0.4, -0.2) is 0 Å². The minimum Gasteiger partial charge on any atom is -0.310 e. The summed E-state index contributed by atoms with van der Waals surface area (Å²) in [6, 6.07) is 40.5.